The molecule has 9 heteroatoms. The Morgan fingerprint density at radius 2 is 1.69 bits per heavy atom. The number of Topliss-reactive ketones (excluding diaryl/α,β-unsaturated/α-hetero) is 1. The van der Waals surface area contributed by atoms with E-state index in [0.717, 1.165) is 54.3 Å². The molecule has 0 aliphatic carbocycles. The Balaban J connectivity index is 1.70. The van der Waals surface area contributed by atoms with E-state index in [-0.39, 0.29) is 5.78 Å². The molecule has 0 N–H and O–H groups in total. The van der Waals surface area contributed by atoms with E-state index in [1.54, 1.807) is 44.9 Å². The SMILES string of the molecule is COc1cc(-c2cc(-c3nc4cc(C)c([C@H](OC(C)(C)C)C(C)=O)c(-c5ccc(Cl)cc5)c4s3)ccn2)cnc1OC. The van der Waals surface area contributed by atoms with Gasteiger partial charge in [-0.25, -0.2) is 9.97 Å². The zero-order valence-electron chi connectivity index (χ0n) is 24.6. The molecular weight excluding hydrogens is 570 g/mol. The Hall–Kier alpha value is -3.85. The summed E-state index contributed by atoms with van der Waals surface area (Å²) in [4.78, 5) is 27.0. The van der Waals surface area contributed by atoms with Crippen LogP contribution in [-0.2, 0) is 9.53 Å². The van der Waals surface area contributed by atoms with Crippen molar-refractivity contribution in [1.82, 2.24) is 15.0 Å². The van der Waals surface area contributed by atoms with Crippen molar-refractivity contribution in [3.05, 3.63) is 77.1 Å². The van der Waals surface area contributed by atoms with Crippen LogP contribution in [-0.4, -0.2) is 40.6 Å². The number of aryl methyl sites for hydroxylation is 1. The molecule has 0 radical (unpaired) electrons. The zero-order chi connectivity index (χ0) is 30.2. The number of hydrogen-bond donors (Lipinski definition) is 0. The summed E-state index contributed by atoms with van der Waals surface area (Å²) in [5.74, 6) is 0.869. The van der Waals surface area contributed by atoms with Crippen LogP contribution in [0.15, 0.2) is 60.9 Å². The van der Waals surface area contributed by atoms with Crippen molar-refractivity contribution in [3.63, 3.8) is 0 Å². The van der Waals surface area contributed by atoms with Crippen LogP contribution in [0.25, 0.3) is 43.2 Å². The Kier molecular flexibility index (Phi) is 8.32. The molecule has 1 atom stereocenters. The van der Waals surface area contributed by atoms with Gasteiger partial charge in [0, 0.05) is 39.7 Å². The van der Waals surface area contributed by atoms with Crippen LogP contribution in [0.5, 0.6) is 11.6 Å². The van der Waals surface area contributed by atoms with Crippen molar-refractivity contribution in [3.8, 4) is 44.6 Å². The van der Waals surface area contributed by atoms with Gasteiger partial charge >= 0.3 is 0 Å². The number of hydrogen-bond acceptors (Lipinski definition) is 8. The van der Waals surface area contributed by atoms with Gasteiger partial charge in [0.25, 0.3) is 5.88 Å². The largest absolute Gasteiger partial charge is 0.491 e. The number of thiazole rings is 1. The minimum Gasteiger partial charge on any atom is -0.491 e. The van der Waals surface area contributed by atoms with E-state index in [2.05, 4.69) is 9.97 Å². The maximum Gasteiger partial charge on any atom is 0.256 e. The van der Waals surface area contributed by atoms with Crippen molar-refractivity contribution >= 4 is 38.9 Å². The van der Waals surface area contributed by atoms with Gasteiger partial charge in [-0.05, 0) is 82.1 Å². The van der Waals surface area contributed by atoms with Gasteiger partial charge < -0.3 is 14.2 Å². The van der Waals surface area contributed by atoms with Crippen molar-refractivity contribution in [2.45, 2.75) is 46.3 Å². The molecule has 0 amide bonds. The summed E-state index contributed by atoms with van der Waals surface area (Å²) in [6.45, 7) is 9.45. The number of ether oxygens (including phenoxy) is 3. The summed E-state index contributed by atoms with van der Waals surface area (Å²) >= 11 is 7.82. The minimum absolute atomic E-state index is 0.0605. The van der Waals surface area contributed by atoms with E-state index in [4.69, 9.17) is 30.8 Å². The highest BCUT2D eigenvalue weighted by Crippen LogP contribution is 2.44. The van der Waals surface area contributed by atoms with E-state index >= 15 is 0 Å². The minimum atomic E-state index is -0.740. The second kappa shape index (κ2) is 11.8. The zero-order valence-corrected chi connectivity index (χ0v) is 26.2. The molecule has 5 aromatic rings. The van der Waals surface area contributed by atoms with E-state index in [0.29, 0.717) is 16.7 Å². The van der Waals surface area contributed by atoms with Crippen molar-refractivity contribution in [2.75, 3.05) is 14.2 Å². The molecule has 216 valence electrons. The molecule has 0 bridgehead atoms. The summed E-state index contributed by atoms with van der Waals surface area (Å²) in [7, 11) is 3.13. The lowest BCUT2D eigenvalue weighted by molar-refractivity contribution is -0.138. The fourth-order valence-electron chi connectivity index (χ4n) is 4.87. The lowest BCUT2D eigenvalue weighted by Gasteiger charge is -2.29. The maximum atomic E-state index is 13.0. The molecule has 0 unspecified atom stereocenters. The number of fused-ring (bicyclic) bond motifs is 1. The predicted octanol–water partition coefficient (Wildman–Crippen LogP) is 8.51. The number of pyridine rings is 2. The van der Waals surface area contributed by atoms with Crippen LogP contribution in [0.2, 0.25) is 5.02 Å². The van der Waals surface area contributed by atoms with Gasteiger partial charge in [-0.1, -0.05) is 23.7 Å². The molecule has 0 aliphatic rings. The Morgan fingerprint density at radius 1 is 0.952 bits per heavy atom. The average Bonchev–Trinajstić information content (AvgIpc) is 3.38. The summed E-state index contributed by atoms with van der Waals surface area (Å²) in [5.41, 5.74) is 6.37. The van der Waals surface area contributed by atoms with E-state index < -0.39 is 11.7 Å². The van der Waals surface area contributed by atoms with Crippen molar-refractivity contribution in [1.29, 1.82) is 0 Å². The van der Waals surface area contributed by atoms with Gasteiger partial charge in [0.15, 0.2) is 11.5 Å². The molecule has 3 aromatic heterocycles. The smallest absolute Gasteiger partial charge is 0.256 e. The molecule has 7 nitrogen and oxygen atoms in total. The fourth-order valence-corrected chi connectivity index (χ4v) is 6.11. The summed E-state index contributed by atoms with van der Waals surface area (Å²) in [5, 5.41) is 1.46. The standard InChI is InChI=1S/C33H32ClN3O4S/c1-18-14-25-30(28(20-8-10-23(34)11-9-20)27(18)29(19(2)38)41-33(3,4)5)42-32(37-25)21-12-13-35-24(15-21)22-16-26(39-6)31(40-7)36-17-22/h8-17,29H,1-7H3/t29-/m1/s1. The number of rotatable bonds is 8. The predicted molar refractivity (Wildman–Crippen MR) is 169 cm³/mol. The highest BCUT2D eigenvalue weighted by atomic mass is 35.5. The van der Waals surface area contributed by atoms with Gasteiger partial charge in [0.05, 0.1) is 35.7 Å². The number of ketones is 1. The molecule has 0 saturated carbocycles. The first kappa shape index (κ1) is 29.6. The lowest BCUT2D eigenvalue weighted by atomic mass is 9.90. The molecule has 5 rings (SSSR count). The third-order valence-corrected chi connectivity index (χ3v) is 8.09. The highest BCUT2D eigenvalue weighted by molar-refractivity contribution is 7.22. The Bertz CT molecular complexity index is 1780. The number of methoxy groups -OCH3 is 2. The number of nitrogens with zero attached hydrogens (tertiary/aromatic N) is 3. The second-order valence-corrected chi connectivity index (χ2v) is 12.4. The molecular formula is C33H32ClN3O4S. The highest BCUT2D eigenvalue weighted by Gasteiger charge is 2.30. The third kappa shape index (κ3) is 6.02. The molecule has 0 aliphatic heterocycles. The van der Waals surface area contributed by atoms with Gasteiger partial charge in [0.1, 0.15) is 11.1 Å². The van der Waals surface area contributed by atoms with Crippen molar-refractivity contribution < 1.29 is 19.0 Å². The third-order valence-electron chi connectivity index (χ3n) is 6.70. The molecule has 2 aromatic carbocycles. The summed E-state index contributed by atoms with van der Waals surface area (Å²) in [6.07, 6.45) is 2.72. The van der Waals surface area contributed by atoms with Crippen LogP contribution in [0.1, 0.15) is 44.9 Å². The second-order valence-electron chi connectivity index (χ2n) is 10.9. The number of aromatic nitrogens is 3. The number of carbonyl (C=O) groups is 1. The Morgan fingerprint density at radius 3 is 2.33 bits per heavy atom. The number of halogens is 1. The van der Waals surface area contributed by atoms with E-state index in [9.17, 15) is 4.79 Å². The first-order valence-electron chi connectivity index (χ1n) is 13.4. The van der Waals surface area contributed by atoms with E-state index in [1.807, 2.05) is 76.2 Å². The van der Waals surface area contributed by atoms with Crippen LogP contribution in [0.4, 0.5) is 0 Å². The van der Waals surface area contributed by atoms with Gasteiger partial charge in [-0.15, -0.1) is 11.3 Å². The summed E-state index contributed by atoms with van der Waals surface area (Å²) < 4.78 is 18.0. The molecule has 42 heavy (non-hydrogen) atoms. The van der Waals surface area contributed by atoms with E-state index in [1.165, 1.54) is 0 Å². The van der Waals surface area contributed by atoms with Crippen LogP contribution in [0.3, 0.4) is 0 Å². The van der Waals surface area contributed by atoms with Crippen molar-refractivity contribution in [2.24, 2.45) is 0 Å². The Labute approximate surface area is 254 Å². The number of carbonyl (C=O) groups excluding carboxylic acids is 1. The van der Waals surface area contributed by atoms with Gasteiger partial charge in [0.2, 0.25) is 0 Å². The van der Waals surface area contributed by atoms with Crippen LogP contribution in [0, 0.1) is 6.92 Å². The summed E-state index contributed by atoms with van der Waals surface area (Å²) in [6, 6.07) is 15.5. The van der Waals surface area contributed by atoms with Crippen LogP contribution >= 0.6 is 22.9 Å². The normalized spacial score (nSPS) is 12.4. The average molecular weight is 602 g/mol. The molecule has 0 saturated heterocycles. The maximum absolute atomic E-state index is 13.0. The quantitative estimate of drug-likeness (QED) is 0.176. The van der Waals surface area contributed by atoms with Gasteiger partial charge in [-0.3, -0.25) is 9.78 Å². The molecule has 0 fully saturated rings. The first-order chi connectivity index (χ1) is 20.0. The molecule has 0 spiro atoms. The topological polar surface area (TPSA) is 83.4 Å². The molecule has 3 heterocycles. The lowest BCUT2D eigenvalue weighted by Crippen LogP contribution is -2.27. The fraction of sp³-hybridized carbons (Fsp3) is 0.273. The van der Waals surface area contributed by atoms with Gasteiger partial charge in [-0.2, -0.15) is 0 Å². The van der Waals surface area contributed by atoms with Crippen LogP contribution < -0.4 is 9.47 Å². The number of benzene rings is 2. The first-order valence-corrected chi connectivity index (χ1v) is 14.6. The monoisotopic (exact) mass is 601 g/mol.